The highest BCUT2D eigenvalue weighted by atomic mass is 35.5. The first-order chi connectivity index (χ1) is 13.3. The second-order valence-corrected chi connectivity index (χ2v) is 6.14. The number of carboxylic acid groups (broad SMARTS) is 1. The normalized spacial score (nSPS) is 10.6. The highest BCUT2D eigenvalue weighted by molar-refractivity contribution is 6.30. The molecule has 3 aromatic rings. The number of amides is 1. The van der Waals surface area contributed by atoms with Gasteiger partial charge >= 0.3 is 6.09 Å². The number of ether oxygens (including phenoxy) is 1. The number of carbonyl (C=O) groups is 1. The molecule has 0 fully saturated rings. The highest BCUT2D eigenvalue weighted by Gasteiger charge is 2.16. The molecule has 0 aliphatic rings. The summed E-state index contributed by atoms with van der Waals surface area (Å²) in [5.41, 5.74) is 1.39. The van der Waals surface area contributed by atoms with E-state index in [-0.39, 0.29) is 28.6 Å². The van der Waals surface area contributed by atoms with Gasteiger partial charge in [-0.3, -0.25) is 10.3 Å². The summed E-state index contributed by atoms with van der Waals surface area (Å²) in [6.07, 6.45) is 4.10. The van der Waals surface area contributed by atoms with Gasteiger partial charge in [-0.25, -0.2) is 23.5 Å². The molecule has 0 bridgehead atoms. The summed E-state index contributed by atoms with van der Waals surface area (Å²) in [5.74, 6) is -1.95. The number of hydrogen-bond acceptors (Lipinski definition) is 5. The second kappa shape index (κ2) is 8.13. The van der Waals surface area contributed by atoms with E-state index >= 15 is 0 Å². The molecule has 0 spiro atoms. The third kappa shape index (κ3) is 4.32. The lowest BCUT2D eigenvalue weighted by Crippen LogP contribution is -2.11. The van der Waals surface area contributed by atoms with Crippen molar-refractivity contribution in [1.29, 1.82) is 0 Å². The third-order valence-electron chi connectivity index (χ3n) is 3.83. The van der Waals surface area contributed by atoms with Crippen molar-refractivity contribution >= 4 is 23.5 Å². The molecule has 10 heteroatoms. The van der Waals surface area contributed by atoms with E-state index in [9.17, 15) is 13.6 Å². The SMILES string of the molecule is Cc1c(Cc2ccnc(NC(=O)O)c2F)cncc1Oc1ncc(Cl)cc1F. The summed E-state index contributed by atoms with van der Waals surface area (Å²) < 4.78 is 33.9. The Morgan fingerprint density at radius 2 is 2.04 bits per heavy atom. The van der Waals surface area contributed by atoms with Crippen molar-refractivity contribution in [1.82, 2.24) is 15.0 Å². The Balaban J connectivity index is 1.89. The lowest BCUT2D eigenvalue weighted by atomic mass is 10.0. The van der Waals surface area contributed by atoms with Crippen molar-refractivity contribution < 1.29 is 23.4 Å². The molecule has 0 aliphatic heterocycles. The summed E-state index contributed by atoms with van der Waals surface area (Å²) in [5, 5.41) is 10.8. The van der Waals surface area contributed by atoms with Crippen LogP contribution in [0.25, 0.3) is 0 Å². The molecule has 0 unspecified atom stereocenters. The summed E-state index contributed by atoms with van der Waals surface area (Å²) in [7, 11) is 0. The van der Waals surface area contributed by atoms with Crippen LogP contribution in [0.4, 0.5) is 19.4 Å². The van der Waals surface area contributed by atoms with Gasteiger partial charge in [-0.05, 0) is 35.7 Å². The van der Waals surface area contributed by atoms with Gasteiger partial charge in [-0.1, -0.05) is 11.6 Å². The minimum Gasteiger partial charge on any atom is -0.465 e. The lowest BCUT2D eigenvalue weighted by Gasteiger charge is -2.13. The Kier molecular flexibility index (Phi) is 5.65. The Morgan fingerprint density at radius 3 is 2.75 bits per heavy atom. The molecule has 3 heterocycles. The van der Waals surface area contributed by atoms with Crippen molar-refractivity contribution in [2.75, 3.05) is 5.32 Å². The first-order valence-electron chi connectivity index (χ1n) is 7.91. The standard InChI is InChI=1S/C18H13ClF2N4O3/c1-9-11(4-10-2-3-23-16(15(10)21)25-18(26)27)6-22-8-14(9)28-17-13(20)5-12(19)7-24-17/h2-3,5-8H,4H2,1H3,(H,23,25)(H,26,27). The van der Waals surface area contributed by atoms with Gasteiger partial charge in [0, 0.05) is 25.0 Å². The fourth-order valence-corrected chi connectivity index (χ4v) is 2.57. The second-order valence-electron chi connectivity index (χ2n) is 5.70. The summed E-state index contributed by atoms with van der Waals surface area (Å²) in [4.78, 5) is 22.2. The summed E-state index contributed by atoms with van der Waals surface area (Å²) >= 11 is 5.67. The van der Waals surface area contributed by atoms with E-state index in [1.54, 1.807) is 6.92 Å². The number of nitrogens with zero attached hydrogens (tertiary/aromatic N) is 3. The van der Waals surface area contributed by atoms with Gasteiger partial charge in [0.2, 0.25) is 0 Å². The molecule has 0 aromatic carbocycles. The molecule has 0 saturated carbocycles. The largest absolute Gasteiger partial charge is 0.465 e. The van der Waals surface area contributed by atoms with Crippen LogP contribution in [-0.2, 0) is 6.42 Å². The van der Waals surface area contributed by atoms with Crippen LogP contribution < -0.4 is 10.1 Å². The van der Waals surface area contributed by atoms with Gasteiger partial charge in [-0.15, -0.1) is 0 Å². The zero-order valence-electron chi connectivity index (χ0n) is 14.4. The maximum Gasteiger partial charge on any atom is 0.410 e. The van der Waals surface area contributed by atoms with E-state index < -0.39 is 23.5 Å². The molecule has 0 radical (unpaired) electrons. The van der Waals surface area contributed by atoms with E-state index in [1.165, 1.54) is 30.9 Å². The zero-order valence-corrected chi connectivity index (χ0v) is 15.2. The van der Waals surface area contributed by atoms with Crippen LogP contribution in [0.5, 0.6) is 11.6 Å². The van der Waals surface area contributed by atoms with Crippen LogP contribution in [0.3, 0.4) is 0 Å². The van der Waals surface area contributed by atoms with E-state index in [0.29, 0.717) is 11.1 Å². The van der Waals surface area contributed by atoms with Crippen LogP contribution in [0.1, 0.15) is 16.7 Å². The number of halogens is 3. The van der Waals surface area contributed by atoms with Crippen molar-refractivity contribution in [3.8, 4) is 11.6 Å². The van der Waals surface area contributed by atoms with Crippen LogP contribution in [-0.4, -0.2) is 26.2 Å². The highest BCUT2D eigenvalue weighted by Crippen LogP contribution is 2.29. The molecule has 0 atom stereocenters. The van der Waals surface area contributed by atoms with E-state index in [0.717, 1.165) is 6.07 Å². The maximum atomic E-state index is 14.5. The van der Waals surface area contributed by atoms with E-state index in [4.69, 9.17) is 21.4 Å². The third-order valence-corrected chi connectivity index (χ3v) is 4.04. The Labute approximate surface area is 163 Å². The summed E-state index contributed by atoms with van der Waals surface area (Å²) in [6.45, 7) is 1.70. The number of aromatic nitrogens is 3. The molecule has 3 rings (SSSR count). The number of pyridine rings is 3. The molecule has 2 N–H and O–H groups in total. The molecule has 28 heavy (non-hydrogen) atoms. The quantitative estimate of drug-likeness (QED) is 0.643. The molecular weight excluding hydrogens is 394 g/mol. The van der Waals surface area contributed by atoms with Crippen molar-refractivity contribution in [3.63, 3.8) is 0 Å². The van der Waals surface area contributed by atoms with Crippen molar-refractivity contribution in [2.45, 2.75) is 13.3 Å². The van der Waals surface area contributed by atoms with Crippen molar-refractivity contribution in [2.24, 2.45) is 0 Å². The maximum absolute atomic E-state index is 14.5. The Hall–Kier alpha value is -3.33. The van der Waals surface area contributed by atoms with Crippen LogP contribution >= 0.6 is 11.6 Å². The van der Waals surface area contributed by atoms with Gasteiger partial charge in [0.15, 0.2) is 23.2 Å². The number of nitrogens with one attached hydrogen (secondary N) is 1. The number of hydrogen-bond donors (Lipinski definition) is 2. The van der Waals surface area contributed by atoms with E-state index in [1.807, 2.05) is 5.32 Å². The van der Waals surface area contributed by atoms with Crippen LogP contribution in [0.2, 0.25) is 5.02 Å². The number of anilines is 1. The van der Waals surface area contributed by atoms with Gasteiger partial charge in [0.25, 0.3) is 5.88 Å². The zero-order chi connectivity index (χ0) is 20.3. The number of rotatable bonds is 5. The average molecular weight is 407 g/mol. The monoisotopic (exact) mass is 406 g/mol. The molecule has 1 amide bonds. The first kappa shape index (κ1) is 19.4. The first-order valence-corrected chi connectivity index (χ1v) is 8.28. The Morgan fingerprint density at radius 1 is 1.25 bits per heavy atom. The molecule has 144 valence electrons. The minimum absolute atomic E-state index is 0.0925. The van der Waals surface area contributed by atoms with Gasteiger partial charge in [0.05, 0.1) is 11.2 Å². The van der Waals surface area contributed by atoms with Gasteiger partial charge in [-0.2, -0.15) is 0 Å². The van der Waals surface area contributed by atoms with E-state index in [2.05, 4.69) is 15.0 Å². The smallest absolute Gasteiger partial charge is 0.410 e. The van der Waals surface area contributed by atoms with Crippen LogP contribution in [0.15, 0.2) is 36.9 Å². The molecule has 0 saturated heterocycles. The molecule has 3 aromatic heterocycles. The van der Waals surface area contributed by atoms with Gasteiger partial charge < -0.3 is 9.84 Å². The molecular formula is C18H13ClF2N4O3. The minimum atomic E-state index is -1.42. The predicted octanol–water partition coefficient (Wildman–Crippen LogP) is 4.58. The lowest BCUT2D eigenvalue weighted by molar-refractivity contribution is 0.209. The summed E-state index contributed by atoms with van der Waals surface area (Å²) in [6, 6.07) is 2.50. The topological polar surface area (TPSA) is 97.2 Å². The van der Waals surface area contributed by atoms with Gasteiger partial charge in [0.1, 0.15) is 0 Å². The van der Waals surface area contributed by atoms with Crippen LogP contribution in [0, 0.1) is 18.6 Å². The molecule has 0 aliphatic carbocycles. The Bertz CT molecular complexity index is 1050. The average Bonchev–Trinajstić information content (AvgIpc) is 2.63. The molecule has 7 nitrogen and oxygen atoms in total. The fraction of sp³-hybridized carbons (Fsp3) is 0.111. The fourth-order valence-electron chi connectivity index (χ4n) is 2.42. The predicted molar refractivity (Wildman–Crippen MR) is 96.9 cm³/mol. The van der Waals surface area contributed by atoms with Crippen molar-refractivity contribution in [3.05, 3.63) is 70.3 Å².